The summed E-state index contributed by atoms with van der Waals surface area (Å²) in [5.41, 5.74) is 2.59. The number of nitrogens with zero attached hydrogens (tertiary/aromatic N) is 6. The summed E-state index contributed by atoms with van der Waals surface area (Å²) in [6.45, 7) is 8.13. The van der Waals surface area contributed by atoms with E-state index < -0.39 is 0 Å². The Hall–Kier alpha value is -4.12. The molecule has 1 saturated carbocycles. The minimum atomic E-state index is -0.0630. The standard InChI is InChI=1S/C32H34N6O4S/c1-18(2)31-34-35-32(43-31)20-6-10-25(11-7-20)41-26-13-21(4-5-22(26)16-37-15-19(3)12-27(37)39)30-33-29(36-42-30)23-14-28(40)38(17-23)24-8-9-24/h4-7,10-11,13,18-19,23-24H,8-9,12,14-17H2,1-3H3/t19-,23-/m0/s1. The summed E-state index contributed by atoms with van der Waals surface area (Å²) in [7, 11) is 0. The molecule has 0 radical (unpaired) electrons. The van der Waals surface area contributed by atoms with Gasteiger partial charge in [0.25, 0.3) is 5.89 Å². The van der Waals surface area contributed by atoms with Crippen molar-refractivity contribution in [2.24, 2.45) is 5.92 Å². The van der Waals surface area contributed by atoms with E-state index >= 15 is 0 Å². The van der Waals surface area contributed by atoms with Gasteiger partial charge < -0.3 is 19.1 Å². The maximum atomic E-state index is 12.6. The van der Waals surface area contributed by atoms with Crippen LogP contribution in [-0.4, -0.2) is 61.1 Å². The Morgan fingerprint density at radius 2 is 1.79 bits per heavy atom. The number of hydrogen-bond donors (Lipinski definition) is 0. The van der Waals surface area contributed by atoms with Gasteiger partial charge in [0.1, 0.15) is 21.5 Å². The van der Waals surface area contributed by atoms with E-state index in [-0.39, 0.29) is 17.7 Å². The van der Waals surface area contributed by atoms with E-state index in [9.17, 15) is 9.59 Å². The smallest absolute Gasteiger partial charge is 0.258 e. The quantitative estimate of drug-likeness (QED) is 0.230. The van der Waals surface area contributed by atoms with E-state index in [4.69, 9.17) is 9.26 Å². The SMILES string of the molecule is CC(C)c1nnc(-c2ccc(Oc3cc(-c4nc([C@H]5CC(=O)N(C6CC6)C5)no4)ccc3CN3C[C@@H](C)CC3=O)cc2)s1. The number of likely N-dealkylation sites (tertiary alicyclic amines) is 2. The molecule has 4 heterocycles. The molecule has 11 heteroatoms. The fraction of sp³-hybridized carbons (Fsp3) is 0.438. The summed E-state index contributed by atoms with van der Waals surface area (Å²) in [4.78, 5) is 33.6. The monoisotopic (exact) mass is 598 g/mol. The summed E-state index contributed by atoms with van der Waals surface area (Å²) >= 11 is 1.59. The number of carbonyl (C=O) groups excluding carboxylic acids is 2. The first-order valence-electron chi connectivity index (χ1n) is 15.0. The molecule has 3 fully saturated rings. The minimum absolute atomic E-state index is 0.0630. The Kier molecular flexibility index (Phi) is 7.20. The Morgan fingerprint density at radius 3 is 2.49 bits per heavy atom. The molecule has 2 saturated heterocycles. The lowest BCUT2D eigenvalue weighted by atomic mass is 10.1. The fourth-order valence-electron chi connectivity index (χ4n) is 5.78. The molecule has 0 spiro atoms. The zero-order chi connectivity index (χ0) is 29.7. The van der Waals surface area contributed by atoms with Crippen LogP contribution in [0.3, 0.4) is 0 Å². The first-order chi connectivity index (χ1) is 20.8. The van der Waals surface area contributed by atoms with Gasteiger partial charge in [0, 0.05) is 67.0 Å². The molecule has 0 unspecified atom stereocenters. The van der Waals surface area contributed by atoms with Crippen molar-refractivity contribution in [2.75, 3.05) is 13.1 Å². The molecule has 43 heavy (non-hydrogen) atoms. The molecule has 2 aromatic heterocycles. The zero-order valence-electron chi connectivity index (χ0n) is 24.5. The summed E-state index contributed by atoms with van der Waals surface area (Å²) in [6, 6.07) is 13.9. The number of benzene rings is 2. The highest BCUT2D eigenvalue weighted by Crippen LogP contribution is 2.38. The van der Waals surface area contributed by atoms with Gasteiger partial charge in [0.05, 0.1) is 0 Å². The number of rotatable bonds is 9. The van der Waals surface area contributed by atoms with Crippen LogP contribution in [0.1, 0.15) is 74.7 Å². The van der Waals surface area contributed by atoms with Crippen molar-refractivity contribution in [3.05, 3.63) is 58.9 Å². The first kappa shape index (κ1) is 27.7. The molecule has 0 bridgehead atoms. The average molecular weight is 599 g/mol. The van der Waals surface area contributed by atoms with Crippen molar-refractivity contribution in [3.63, 3.8) is 0 Å². The lowest BCUT2D eigenvalue weighted by Crippen LogP contribution is -2.27. The number of ether oxygens (including phenoxy) is 1. The van der Waals surface area contributed by atoms with Crippen LogP contribution < -0.4 is 4.74 Å². The summed E-state index contributed by atoms with van der Waals surface area (Å²) < 4.78 is 12.1. The molecule has 2 atom stereocenters. The van der Waals surface area contributed by atoms with Gasteiger partial charge in [-0.15, -0.1) is 10.2 Å². The summed E-state index contributed by atoms with van der Waals surface area (Å²) in [5.74, 6) is 3.13. The second-order valence-corrected chi connectivity index (χ2v) is 13.3. The lowest BCUT2D eigenvalue weighted by Gasteiger charge is -2.19. The Labute approximate surface area is 254 Å². The van der Waals surface area contributed by atoms with Crippen LogP contribution in [0.5, 0.6) is 11.5 Å². The first-order valence-corrected chi connectivity index (χ1v) is 15.8. The Balaban J connectivity index is 1.14. The third kappa shape index (κ3) is 5.78. The zero-order valence-corrected chi connectivity index (χ0v) is 25.3. The fourth-order valence-corrected chi connectivity index (χ4v) is 6.63. The molecule has 1 aliphatic carbocycles. The number of hydrogen-bond acceptors (Lipinski definition) is 9. The van der Waals surface area contributed by atoms with Gasteiger partial charge in [0.2, 0.25) is 11.8 Å². The highest BCUT2D eigenvalue weighted by molar-refractivity contribution is 7.14. The van der Waals surface area contributed by atoms with Gasteiger partial charge in [0.15, 0.2) is 5.82 Å². The number of amides is 2. The van der Waals surface area contributed by atoms with E-state index in [1.165, 1.54) is 0 Å². The molecule has 7 rings (SSSR count). The molecule has 2 aromatic carbocycles. The van der Waals surface area contributed by atoms with E-state index in [1.807, 2.05) is 52.3 Å². The van der Waals surface area contributed by atoms with Crippen LogP contribution in [0, 0.1) is 5.92 Å². The maximum absolute atomic E-state index is 12.6. The molecule has 10 nitrogen and oxygen atoms in total. The lowest BCUT2D eigenvalue weighted by molar-refractivity contribution is -0.129. The average Bonchev–Trinajstić information content (AvgIpc) is 3.34. The highest BCUT2D eigenvalue weighted by Gasteiger charge is 2.41. The van der Waals surface area contributed by atoms with E-state index in [0.717, 1.165) is 40.5 Å². The summed E-state index contributed by atoms with van der Waals surface area (Å²) in [6.07, 6.45) is 3.14. The highest BCUT2D eigenvalue weighted by atomic mass is 32.1. The predicted molar refractivity (Wildman–Crippen MR) is 161 cm³/mol. The molecule has 4 aromatic rings. The predicted octanol–water partition coefficient (Wildman–Crippen LogP) is 6.02. The Bertz CT molecular complexity index is 1660. The van der Waals surface area contributed by atoms with Crippen molar-refractivity contribution in [3.8, 4) is 33.5 Å². The normalized spacial score (nSPS) is 20.6. The molecular formula is C32H34N6O4S. The van der Waals surface area contributed by atoms with Gasteiger partial charge in [-0.2, -0.15) is 4.98 Å². The van der Waals surface area contributed by atoms with Crippen LogP contribution >= 0.6 is 11.3 Å². The van der Waals surface area contributed by atoms with Crippen LogP contribution in [0.15, 0.2) is 47.0 Å². The van der Waals surface area contributed by atoms with Crippen LogP contribution in [-0.2, 0) is 16.1 Å². The summed E-state index contributed by atoms with van der Waals surface area (Å²) in [5, 5.41) is 14.8. The topological polar surface area (TPSA) is 115 Å². The van der Waals surface area contributed by atoms with Crippen molar-refractivity contribution in [2.45, 2.75) is 70.9 Å². The molecule has 222 valence electrons. The van der Waals surface area contributed by atoms with Crippen molar-refractivity contribution in [1.29, 1.82) is 0 Å². The van der Waals surface area contributed by atoms with Crippen LogP contribution in [0.25, 0.3) is 22.0 Å². The second-order valence-electron chi connectivity index (χ2n) is 12.3. The minimum Gasteiger partial charge on any atom is -0.457 e. The molecule has 2 amide bonds. The van der Waals surface area contributed by atoms with Gasteiger partial charge in [-0.3, -0.25) is 9.59 Å². The van der Waals surface area contributed by atoms with Crippen molar-refractivity contribution >= 4 is 23.2 Å². The van der Waals surface area contributed by atoms with Gasteiger partial charge >= 0.3 is 0 Å². The third-order valence-electron chi connectivity index (χ3n) is 8.30. The largest absolute Gasteiger partial charge is 0.457 e. The van der Waals surface area contributed by atoms with Gasteiger partial charge in [-0.25, -0.2) is 0 Å². The van der Waals surface area contributed by atoms with E-state index in [1.54, 1.807) is 11.3 Å². The van der Waals surface area contributed by atoms with Crippen LogP contribution in [0.2, 0.25) is 0 Å². The van der Waals surface area contributed by atoms with Crippen molar-refractivity contribution < 1.29 is 18.8 Å². The van der Waals surface area contributed by atoms with E-state index in [0.29, 0.717) is 72.6 Å². The van der Waals surface area contributed by atoms with Crippen LogP contribution in [0.4, 0.5) is 0 Å². The van der Waals surface area contributed by atoms with Gasteiger partial charge in [-0.1, -0.05) is 43.3 Å². The molecule has 0 N–H and O–H groups in total. The van der Waals surface area contributed by atoms with Gasteiger partial charge in [-0.05, 0) is 55.2 Å². The molecular weight excluding hydrogens is 564 g/mol. The number of aromatic nitrogens is 4. The van der Waals surface area contributed by atoms with Crippen molar-refractivity contribution in [1.82, 2.24) is 30.1 Å². The Morgan fingerprint density at radius 1 is 1.00 bits per heavy atom. The second kappa shape index (κ2) is 11.2. The van der Waals surface area contributed by atoms with E-state index in [2.05, 4.69) is 41.1 Å². The number of carbonyl (C=O) groups is 2. The maximum Gasteiger partial charge on any atom is 0.258 e. The third-order valence-corrected chi connectivity index (χ3v) is 9.57. The molecule has 3 aliphatic rings. The molecule has 2 aliphatic heterocycles.